The van der Waals surface area contributed by atoms with Crippen LogP contribution < -0.4 is 0 Å². The number of aldehydes is 1. The first-order valence-corrected chi connectivity index (χ1v) is 5.31. The number of carbonyl (C=O) groups excluding carboxylic acids is 1. The molecule has 0 radical (unpaired) electrons. The van der Waals surface area contributed by atoms with E-state index in [1.165, 1.54) is 44.8 Å². The van der Waals surface area contributed by atoms with Crippen LogP contribution in [0.5, 0.6) is 0 Å². The van der Waals surface area contributed by atoms with Crippen LogP contribution in [-0.4, -0.2) is 6.29 Å². The van der Waals surface area contributed by atoms with Crippen molar-refractivity contribution in [2.45, 2.75) is 38.5 Å². The van der Waals surface area contributed by atoms with E-state index in [0.29, 0.717) is 0 Å². The standard InChI is InChI=1S/C11H16O/c12-7-11(9-3-4-9)6-8-1-2-10(11)5-8/h7-10H,1-6H2. The predicted molar refractivity (Wildman–Crippen MR) is 46.7 cm³/mol. The zero-order valence-corrected chi connectivity index (χ0v) is 7.46. The summed E-state index contributed by atoms with van der Waals surface area (Å²) in [5.41, 5.74) is 0.183. The smallest absolute Gasteiger partial charge is 0.126 e. The van der Waals surface area contributed by atoms with E-state index in [0.717, 1.165) is 17.8 Å². The molecule has 0 aromatic rings. The summed E-state index contributed by atoms with van der Waals surface area (Å²) in [6.07, 6.45) is 9.37. The molecule has 1 heteroatoms. The van der Waals surface area contributed by atoms with Crippen LogP contribution in [0.1, 0.15) is 38.5 Å². The number of hydrogen-bond donors (Lipinski definition) is 0. The van der Waals surface area contributed by atoms with E-state index in [1.807, 2.05) is 0 Å². The van der Waals surface area contributed by atoms with Crippen LogP contribution in [0.4, 0.5) is 0 Å². The fraction of sp³-hybridized carbons (Fsp3) is 0.909. The number of hydrogen-bond acceptors (Lipinski definition) is 1. The Bertz CT molecular complexity index is 219. The van der Waals surface area contributed by atoms with Crippen molar-refractivity contribution in [1.29, 1.82) is 0 Å². The van der Waals surface area contributed by atoms with Crippen LogP contribution in [0.3, 0.4) is 0 Å². The van der Waals surface area contributed by atoms with E-state index in [9.17, 15) is 4.79 Å². The lowest BCUT2D eigenvalue weighted by atomic mass is 9.71. The fourth-order valence-electron chi connectivity index (χ4n) is 3.78. The first-order chi connectivity index (χ1) is 5.85. The Morgan fingerprint density at radius 1 is 1.08 bits per heavy atom. The molecule has 3 fully saturated rings. The number of fused-ring (bicyclic) bond motifs is 2. The summed E-state index contributed by atoms with van der Waals surface area (Å²) in [6, 6.07) is 0. The topological polar surface area (TPSA) is 17.1 Å². The Labute approximate surface area is 73.5 Å². The van der Waals surface area contributed by atoms with Crippen LogP contribution in [0.25, 0.3) is 0 Å². The van der Waals surface area contributed by atoms with Gasteiger partial charge in [0.15, 0.2) is 0 Å². The largest absolute Gasteiger partial charge is 0.303 e. The van der Waals surface area contributed by atoms with Crippen molar-refractivity contribution in [3.05, 3.63) is 0 Å². The van der Waals surface area contributed by atoms with Crippen molar-refractivity contribution in [1.82, 2.24) is 0 Å². The molecule has 0 N–H and O–H groups in total. The third-order valence-electron chi connectivity index (χ3n) is 4.50. The summed E-state index contributed by atoms with van der Waals surface area (Å²) in [4.78, 5) is 11.2. The monoisotopic (exact) mass is 164 g/mol. The van der Waals surface area contributed by atoms with Gasteiger partial charge in [-0.2, -0.15) is 0 Å². The second-order valence-electron chi connectivity index (χ2n) is 5.08. The third kappa shape index (κ3) is 0.725. The predicted octanol–water partition coefficient (Wildman–Crippen LogP) is 2.40. The highest BCUT2D eigenvalue weighted by Gasteiger charge is 2.57. The van der Waals surface area contributed by atoms with Gasteiger partial charge in [-0.05, 0) is 49.9 Å². The van der Waals surface area contributed by atoms with Gasteiger partial charge in [-0.1, -0.05) is 6.42 Å². The maximum absolute atomic E-state index is 11.2. The van der Waals surface area contributed by atoms with Crippen molar-refractivity contribution < 1.29 is 4.79 Å². The van der Waals surface area contributed by atoms with E-state index in [4.69, 9.17) is 0 Å². The van der Waals surface area contributed by atoms with Gasteiger partial charge in [-0.15, -0.1) is 0 Å². The molecule has 1 nitrogen and oxygen atoms in total. The molecule has 3 rings (SSSR count). The zero-order valence-electron chi connectivity index (χ0n) is 7.46. The lowest BCUT2D eigenvalue weighted by molar-refractivity contribution is -0.120. The third-order valence-corrected chi connectivity index (χ3v) is 4.50. The van der Waals surface area contributed by atoms with Crippen LogP contribution in [0.15, 0.2) is 0 Å². The summed E-state index contributed by atoms with van der Waals surface area (Å²) in [6.45, 7) is 0. The second kappa shape index (κ2) is 2.12. The molecule has 0 aliphatic heterocycles. The molecular formula is C11H16O. The molecule has 0 heterocycles. The van der Waals surface area contributed by atoms with E-state index in [1.54, 1.807) is 0 Å². The first kappa shape index (κ1) is 7.11. The Hall–Kier alpha value is -0.330. The summed E-state index contributed by atoms with van der Waals surface area (Å²) in [7, 11) is 0. The minimum absolute atomic E-state index is 0.183. The highest BCUT2D eigenvalue weighted by molar-refractivity contribution is 5.62. The Morgan fingerprint density at radius 3 is 2.25 bits per heavy atom. The average Bonchev–Trinajstić information content (AvgIpc) is 2.78. The van der Waals surface area contributed by atoms with Crippen LogP contribution in [-0.2, 0) is 4.79 Å². The molecule has 66 valence electrons. The van der Waals surface area contributed by atoms with Gasteiger partial charge in [0.05, 0.1) is 0 Å². The summed E-state index contributed by atoms with van der Waals surface area (Å²) >= 11 is 0. The van der Waals surface area contributed by atoms with Gasteiger partial charge in [-0.3, -0.25) is 0 Å². The molecule has 12 heavy (non-hydrogen) atoms. The minimum Gasteiger partial charge on any atom is -0.303 e. The normalized spacial score (nSPS) is 51.3. The molecule has 3 unspecified atom stereocenters. The van der Waals surface area contributed by atoms with Crippen molar-refractivity contribution >= 4 is 6.29 Å². The maximum Gasteiger partial charge on any atom is 0.126 e. The van der Waals surface area contributed by atoms with Crippen molar-refractivity contribution in [2.24, 2.45) is 23.2 Å². The van der Waals surface area contributed by atoms with Gasteiger partial charge in [0.1, 0.15) is 6.29 Å². The van der Waals surface area contributed by atoms with Crippen LogP contribution in [0, 0.1) is 23.2 Å². The van der Waals surface area contributed by atoms with E-state index in [-0.39, 0.29) is 5.41 Å². The quantitative estimate of drug-likeness (QED) is 0.573. The van der Waals surface area contributed by atoms with Gasteiger partial charge in [0.25, 0.3) is 0 Å². The van der Waals surface area contributed by atoms with Gasteiger partial charge >= 0.3 is 0 Å². The van der Waals surface area contributed by atoms with E-state index < -0.39 is 0 Å². The van der Waals surface area contributed by atoms with Crippen LogP contribution >= 0.6 is 0 Å². The first-order valence-electron chi connectivity index (χ1n) is 5.31. The zero-order chi connectivity index (χ0) is 8.18. The molecule has 0 amide bonds. The molecule has 3 saturated carbocycles. The molecule has 0 saturated heterocycles. The van der Waals surface area contributed by atoms with Crippen LogP contribution in [0.2, 0.25) is 0 Å². The van der Waals surface area contributed by atoms with E-state index in [2.05, 4.69) is 0 Å². The molecule has 0 aromatic heterocycles. The Balaban J connectivity index is 1.92. The van der Waals surface area contributed by atoms with Gasteiger partial charge in [0.2, 0.25) is 0 Å². The number of rotatable bonds is 2. The van der Waals surface area contributed by atoms with Gasteiger partial charge in [-0.25, -0.2) is 0 Å². The maximum atomic E-state index is 11.2. The summed E-state index contributed by atoms with van der Waals surface area (Å²) in [5.74, 6) is 2.50. The number of carbonyl (C=O) groups is 1. The summed E-state index contributed by atoms with van der Waals surface area (Å²) < 4.78 is 0. The molecule has 3 aliphatic carbocycles. The SMILES string of the molecule is O=CC1(C2CC2)CC2CCC1C2. The Kier molecular flexibility index (Phi) is 1.26. The van der Waals surface area contributed by atoms with Gasteiger partial charge in [0, 0.05) is 5.41 Å². The second-order valence-corrected chi connectivity index (χ2v) is 5.08. The van der Waals surface area contributed by atoms with Crippen molar-refractivity contribution in [2.75, 3.05) is 0 Å². The molecule has 3 atom stereocenters. The Morgan fingerprint density at radius 2 is 1.83 bits per heavy atom. The molecule has 0 spiro atoms. The molecule has 2 bridgehead atoms. The minimum atomic E-state index is 0.183. The molecule has 3 aliphatic rings. The lowest BCUT2D eigenvalue weighted by Crippen LogP contribution is -2.31. The fourth-order valence-corrected chi connectivity index (χ4v) is 3.78. The summed E-state index contributed by atoms with van der Waals surface area (Å²) in [5, 5.41) is 0. The van der Waals surface area contributed by atoms with Gasteiger partial charge < -0.3 is 4.79 Å². The van der Waals surface area contributed by atoms with Crippen molar-refractivity contribution in [3.63, 3.8) is 0 Å². The average molecular weight is 164 g/mol. The highest BCUT2D eigenvalue weighted by atomic mass is 16.1. The highest BCUT2D eigenvalue weighted by Crippen LogP contribution is 2.63. The van der Waals surface area contributed by atoms with E-state index >= 15 is 0 Å². The molecular weight excluding hydrogens is 148 g/mol. The van der Waals surface area contributed by atoms with Crippen molar-refractivity contribution in [3.8, 4) is 0 Å². The lowest BCUT2D eigenvalue weighted by Gasteiger charge is -2.32. The molecule has 0 aromatic carbocycles.